The normalized spacial score (nSPS) is 20.8. The fourth-order valence-electron chi connectivity index (χ4n) is 2.79. The fourth-order valence-corrected chi connectivity index (χ4v) is 2.79. The molecule has 0 saturated heterocycles. The van der Waals surface area contributed by atoms with E-state index < -0.39 is 17.7 Å². The maximum atomic E-state index is 13.3. The van der Waals surface area contributed by atoms with E-state index in [0.29, 0.717) is 12.0 Å². The summed E-state index contributed by atoms with van der Waals surface area (Å²) < 4.78 is 26.2. The number of rotatable bonds is 5. The highest BCUT2D eigenvalue weighted by molar-refractivity contribution is 5.83. The molecule has 0 heterocycles. The van der Waals surface area contributed by atoms with Crippen LogP contribution in [0, 0.1) is 17.6 Å². The fraction of sp³-hybridized carbons (Fsp3) is 0.278. The number of carbonyl (C=O) groups is 1. The van der Waals surface area contributed by atoms with E-state index in [-0.39, 0.29) is 24.3 Å². The van der Waals surface area contributed by atoms with Gasteiger partial charge in [0, 0.05) is 5.92 Å². The van der Waals surface area contributed by atoms with Crippen LogP contribution in [0.5, 0.6) is 0 Å². The Bertz CT molecular complexity index is 705. The van der Waals surface area contributed by atoms with E-state index in [1.54, 1.807) is 0 Å². The second-order valence-corrected chi connectivity index (χ2v) is 5.78. The lowest BCUT2D eigenvalue weighted by Crippen LogP contribution is -2.32. The highest BCUT2D eigenvalue weighted by Crippen LogP contribution is 2.48. The van der Waals surface area contributed by atoms with Crippen LogP contribution in [0.1, 0.15) is 29.5 Å². The van der Waals surface area contributed by atoms with Gasteiger partial charge in [-0.2, -0.15) is 0 Å². The van der Waals surface area contributed by atoms with Crippen LogP contribution in [0.2, 0.25) is 0 Å². The Labute approximate surface area is 133 Å². The van der Waals surface area contributed by atoms with Gasteiger partial charge in [0.2, 0.25) is 5.91 Å². The van der Waals surface area contributed by atoms with Crippen molar-refractivity contribution in [2.24, 2.45) is 5.92 Å². The lowest BCUT2D eigenvalue weighted by atomic mass is 10.1. The van der Waals surface area contributed by atoms with E-state index in [9.17, 15) is 18.7 Å². The van der Waals surface area contributed by atoms with Gasteiger partial charge in [-0.15, -0.1) is 0 Å². The van der Waals surface area contributed by atoms with Crippen molar-refractivity contribution >= 4 is 5.91 Å². The minimum absolute atomic E-state index is 0.0970. The first-order chi connectivity index (χ1) is 11.1. The number of hydrogen-bond acceptors (Lipinski definition) is 2. The zero-order chi connectivity index (χ0) is 16.4. The zero-order valence-corrected chi connectivity index (χ0v) is 12.4. The van der Waals surface area contributed by atoms with Crippen LogP contribution >= 0.6 is 0 Å². The van der Waals surface area contributed by atoms with Gasteiger partial charge in [0.05, 0.1) is 12.6 Å². The number of benzene rings is 2. The van der Waals surface area contributed by atoms with Crippen molar-refractivity contribution in [2.45, 2.75) is 18.4 Å². The van der Waals surface area contributed by atoms with Crippen molar-refractivity contribution in [1.82, 2.24) is 5.32 Å². The van der Waals surface area contributed by atoms with Crippen molar-refractivity contribution in [1.29, 1.82) is 0 Å². The summed E-state index contributed by atoms with van der Waals surface area (Å²) in [5, 5.41) is 12.3. The second kappa shape index (κ2) is 6.46. The average Bonchev–Trinajstić information content (AvgIpc) is 3.36. The molecule has 0 aromatic heterocycles. The van der Waals surface area contributed by atoms with E-state index in [1.807, 2.05) is 30.3 Å². The number of aliphatic hydroxyl groups is 1. The molecule has 0 spiro atoms. The van der Waals surface area contributed by atoms with Gasteiger partial charge in [0.25, 0.3) is 0 Å². The number of carbonyl (C=O) groups excluding carboxylic acids is 1. The summed E-state index contributed by atoms with van der Waals surface area (Å²) in [5.74, 6) is -2.33. The molecule has 1 fully saturated rings. The number of amides is 1. The molecule has 1 saturated carbocycles. The maximum Gasteiger partial charge on any atom is 0.224 e. The van der Waals surface area contributed by atoms with Crippen molar-refractivity contribution in [3.05, 3.63) is 71.3 Å². The molecule has 120 valence electrons. The Morgan fingerprint density at radius 1 is 1.17 bits per heavy atom. The first-order valence-corrected chi connectivity index (χ1v) is 7.51. The zero-order valence-electron chi connectivity index (χ0n) is 12.4. The largest absolute Gasteiger partial charge is 0.394 e. The predicted molar refractivity (Wildman–Crippen MR) is 81.6 cm³/mol. The van der Waals surface area contributed by atoms with E-state index in [1.165, 1.54) is 6.07 Å². The number of halogens is 2. The smallest absolute Gasteiger partial charge is 0.224 e. The molecule has 1 aliphatic rings. The Hall–Kier alpha value is -2.27. The van der Waals surface area contributed by atoms with Crippen molar-refractivity contribution in [2.75, 3.05) is 6.61 Å². The Morgan fingerprint density at radius 3 is 2.57 bits per heavy atom. The average molecular weight is 317 g/mol. The van der Waals surface area contributed by atoms with Gasteiger partial charge in [-0.3, -0.25) is 4.79 Å². The summed E-state index contributed by atoms with van der Waals surface area (Å²) in [7, 11) is 0. The van der Waals surface area contributed by atoms with Crippen LogP contribution in [0.3, 0.4) is 0 Å². The molecule has 0 aliphatic heterocycles. The third kappa shape index (κ3) is 3.40. The van der Waals surface area contributed by atoms with Crippen LogP contribution in [0.15, 0.2) is 48.5 Å². The molecule has 2 aromatic carbocycles. The third-order valence-electron chi connectivity index (χ3n) is 4.20. The van der Waals surface area contributed by atoms with Crippen LogP contribution in [0.4, 0.5) is 8.78 Å². The van der Waals surface area contributed by atoms with Crippen LogP contribution < -0.4 is 5.32 Å². The van der Waals surface area contributed by atoms with Gasteiger partial charge in [-0.25, -0.2) is 8.78 Å². The lowest BCUT2D eigenvalue weighted by Gasteiger charge is -2.16. The topological polar surface area (TPSA) is 49.3 Å². The van der Waals surface area contributed by atoms with Crippen LogP contribution in [-0.4, -0.2) is 17.6 Å². The molecular weight excluding hydrogens is 300 g/mol. The van der Waals surface area contributed by atoms with Crippen molar-refractivity contribution in [3.8, 4) is 0 Å². The quantitative estimate of drug-likeness (QED) is 0.891. The molecule has 0 bridgehead atoms. The van der Waals surface area contributed by atoms with Gasteiger partial charge in [0.15, 0.2) is 11.6 Å². The van der Waals surface area contributed by atoms with Crippen LogP contribution in [-0.2, 0) is 4.79 Å². The molecule has 3 atom stereocenters. The summed E-state index contributed by atoms with van der Waals surface area (Å²) in [6.45, 7) is -0.196. The molecule has 3 rings (SSSR count). The molecule has 5 heteroatoms. The first-order valence-electron chi connectivity index (χ1n) is 7.51. The van der Waals surface area contributed by atoms with Gasteiger partial charge in [-0.1, -0.05) is 36.4 Å². The second-order valence-electron chi connectivity index (χ2n) is 5.78. The van der Waals surface area contributed by atoms with Crippen molar-refractivity contribution in [3.63, 3.8) is 0 Å². The SMILES string of the molecule is O=C(N[C@H](CO)c1ccccc1)[C@H]1C[C@@H]1c1ccc(F)c(F)c1. The molecule has 1 aliphatic carbocycles. The monoisotopic (exact) mass is 317 g/mol. The van der Waals surface area contributed by atoms with E-state index in [2.05, 4.69) is 5.32 Å². The molecule has 3 nitrogen and oxygen atoms in total. The molecule has 2 N–H and O–H groups in total. The first kappa shape index (κ1) is 15.6. The predicted octanol–water partition coefficient (Wildman–Crippen LogP) is 2.92. The van der Waals surface area contributed by atoms with E-state index in [0.717, 1.165) is 17.7 Å². The standard InChI is InChI=1S/C18H17F2NO2/c19-15-7-6-12(8-16(15)20)13-9-14(13)18(23)21-17(10-22)11-4-2-1-3-5-11/h1-8,13-14,17,22H,9-10H2,(H,21,23)/t13-,14+,17-/m1/s1. The number of hydrogen-bond donors (Lipinski definition) is 2. The molecule has 23 heavy (non-hydrogen) atoms. The van der Waals surface area contributed by atoms with E-state index in [4.69, 9.17) is 0 Å². The number of aliphatic hydroxyl groups excluding tert-OH is 1. The van der Waals surface area contributed by atoms with Gasteiger partial charge in [-0.05, 0) is 35.6 Å². The maximum absolute atomic E-state index is 13.3. The van der Waals surface area contributed by atoms with Crippen LogP contribution in [0.25, 0.3) is 0 Å². The van der Waals surface area contributed by atoms with Crippen molar-refractivity contribution < 1.29 is 18.7 Å². The highest BCUT2D eigenvalue weighted by Gasteiger charge is 2.44. The Morgan fingerprint density at radius 2 is 1.91 bits per heavy atom. The Kier molecular flexibility index (Phi) is 4.39. The summed E-state index contributed by atoms with van der Waals surface area (Å²) in [5.41, 5.74) is 1.46. The van der Waals surface area contributed by atoms with Gasteiger partial charge < -0.3 is 10.4 Å². The molecule has 2 aromatic rings. The summed E-state index contributed by atoms with van der Waals surface area (Å²) >= 11 is 0. The summed E-state index contributed by atoms with van der Waals surface area (Å²) in [6.07, 6.45) is 0.601. The minimum atomic E-state index is -0.897. The molecule has 0 radical (unpaired) electrons. The molecule has 1 amide bonds. The van der Waals surface area contributed by atoms with E-state index >= 15 is 0 Å². The molecule has 0 unspecified atom stereocenters. The lowest BCUT2D eigenvalue weighted by molar-refractivity contribution is -0.123. The third-order valence-corrected chi connectivity index (χ3v) is 4.20. The highest BCUT2D eigenvalue weighted by atomic mass is 19.2. The summed E-state index contributed by atoms with van der Waals surface area (Å²) in [6, 6.07) is 12.5. The van der Waals surface area contributed by atoms with Gasteiger partial charge >= 0.3 is 0 Å². The molecular formula is C18H17F2NO2. The Balaban J connectivity index is 1.64. The van der Waals surface area contributed by atoms with Gasteiger partial charge in [0.1, 0.15) is 0 Å². The number of nitrogens with one attached hydrogen (secondary N) is 1. The summed E-state index contributed by atoms with van der Waals surface area (Å²) in [4.78, 5) is 12.3. The minimum Gasteiger partial charge on any atom is -0.394 e.